The maximum Gasteiger partial charge on any atom is 0.322 e. The average Bonchev–Trinajstić information content (AvgIpc) is 2.24. The number of esters is 1. The van der Waals surface area contributed by atoms with Crippen LogP contribution in [0.15, 0.2) is 0 Å². The van der Waals surface area contributed by atoms with Gasteiger partial charge in [-0.2, -0.15) is 0 Å². The molecule has 4 fully saturated rings. The van der Waals surface area contributed by atoms with E-state index in [1.165, 1.54) is 38.5 Å². The van der Waals surface area contributed by atoms with Crippen LogP contribution in [0.25, 0.3) is 0 Å². The van der Waals surface area contributed by atoms with Gasteiger partial charge in [0.25, 0.3) is 0 Å². The third-order valence-corrected chi connectivity index (χ3v) is 5.06. The van der Waals surface area contributed by atoms with Crippen LogP contribution in [0.4, 0.5) is 0 Å². The smallest absolute Gasteiger partial charge is 0.322 e. The fraction of sp³-hybridized carbons (Fsp3) is 0.929. The van der Waals surface area contributed by atoms with Crippen LogP contribution in [-0.4, -0.2) is 18.6 Å². The SMILES string of the molecule is CC(N)C(=O)OCC12CC3CC(CC(C3)C1)C2. The molecule has 1 atom stereocenters. The fourth-order valence-electron chi connectivity index (χ4n) is 4.82. The molecule has 4 aliphatic carbocycles. The van der Waals surface area contributed by atoms with Crippen LogP contribution >= 0.6 is 0 Å². The predicted octanol–water partition coefficient (Wildman–Crippen LogP) is 2.09. The van der Waals surface area contributed by atoms with Crippen molar-refractivity contribution in [3.63, 3.8) is 0 Å². The first-order chi connectivity index (χ1) is 8.06. The van der Waals surface area contributed by atoms with Crippen LogP contribution < -0.4 is 5.73 Å². The third kappa shape index (κ3) is 2.10. The van der Waals surface area contributed by atoms with Gasteiger partial charge in [-0.25, -0.2) is 0 Å². The second-order valence-electron chi connectivity index (χ2n) is 6.81. The predicted molar refractivity (Wildman–Crippen MR) is 65.2 cm³/mol. The zero-order valence-electron chi connectivity index (χ0n) is 10.7. The molecule has 0 aromatic carbocycles. The van der Waals surface area contributed by atoms with E-state index in [1.54, 1.807) is 6.92 Å². The van der Waals surface area contributed by atoms with E-state index < -0.39 is 6.04 Å². The minimum Gasteiger partial charge on any atom is -0.464 e. The van der Waals surface area contributed by atoms with E-state index in [9.17, 15) is 4.79 Å². The summed E-state index contributed by atoms with van der Waals surface area (Å²) in [7, 11) is 0. The van der Waals surface area contributed by atoms with Gasteiger partial charge in [-0.1, -0.05) is 0 Å². The number of hydrogen-bond donors (Lipinski definition) is 1. The van der Waals surface area contributed by atoms with Crippen molar-refractivity contribution in [1.29, 1.82) is 0 Å². The lowest BCUT2D eigenvalue weighted by atomic mass is 9.50. The van der Waals surface area contributed by atoms with Gasteiger partial charge in [0.05, 0.1) is 6.61 Å². The molecular weight excluding hydrogens is 214 g/mol. The molecule has 3 heteroatoms. The molecule has 4 saturated carbocycles. The summed E-state index contributed by atoms with van der Waals surface area (Å²) < 4.78 is 5.42. The van der Waals surface area contributed by atoms with Gasteiger partial charge in [0.1, 0.15) is 6.04 Å². The molecule has 3 nitrogen and oxygen atoms in total. The van der Waals surface area contributed by atoms with Crippen molar-refractivity contribution in [2.75, 3.05) is 6.61 Å². The molecular formula is C14H23NO2. The summed E-state index contributed by atoms with van der Waals surface area (Å²) in [5.74, 6) is 2.50. The number of nitrogens with two attached hydrogens (primary N) is 1. The van der Waals surface area contributed by atoms with Crippen LogP contribution in [-0.2, 0) is 9.53 Å². The molecule has 0 aliphatic heterocycles. The van der Waals surface area contributed by atoms with Gasteiger partial charge in [0.2, 0.25) is 0 Å². The third-order valence-electron chi connectivity index (χ3n) is 5.06. The highest BCUT2D eigenvalue weighted by Crippen LogP contribution is 2.60. The maximum absolute atomic E-state index is 11.5. The molecule has 17 heavy (non-hydrogen) atoms. The molecule has 0 aromatic heterocycles. The number of rotatable bonds is 3. The monoisotopic (exact) mass is 237 g/mol. The molecule has 0 amide bonds. The van der Waals surface area contributed by atoms with Crippen molar-refractivity contribution < 1.29 is 9.53 Å². The largest absolute Gasteiger partial charge is 0.464 e. The minimum absolute atomic E-state index is 0.235. The molecule has 1 unspecified atom stereocenters. The molecule has 2 N–H and O–H groups in total. The van der Waals surface area contributed by atoms with Crippen LogP contribution in [0.1, 0.15) is 45.4 Å². The average molecular weight is 237 g/mol. The summed E-state index contributed by atoms with van der Waals surface area (Å²) in [5, 5.41) is 0. The second kappa shape index (κ2) is 3.98. The topological polar surface area (TPSA) is 52.3 Å². The molecule has 0 saturated heterocycles. The van der Waals surface area contributed by atoms with Crippen molar-refractivity contribution >= 4 is 5.97 Å². The Hall–Kier alpha value is -0.570. The molecule has 4 rings (SSSR count). The standard InChI is InChI=1S/C14H23NO2/c1-9(15)13(16)17-8-14-5-10-2-11(6-14)4-12(3-10)7-14/h9-12H,2-8,15H2,1H3. The molecule has 0 aromatic rings. The van der Waals surface area contributed by atoms with Crippen LogP contribution in [0, 0.1) is 23.2 Å². The summed E-state index contributed by atoms with van der Waals surface area (Å²) in [6.07, 6.45) is 8.14. The molecule has 96 valence electrons. The Balaban J connectivity index is 1.64. The maximum atomic E-state index is 11.5. The van der Waals surface area contributed by atoms with E-state index in [0.717, 1.165) is 17.8 Å². The van der Waals surface area contributed by atoms with Crippen molar-refractivity contribution in [2.24, 2.45) is 28.9 Å². The Morgan fingerprint density at radius 1 is 1.24 bits per heavy atom. The summed E-state index contributed by atoms with van der Waals surface area (Å²) >= 11 is 0. The summed E-state index contributed by atoms with van der Waals surface area (Å²) in [5.41, 5.74) is 5.86. The minimum atomic E-state index is -0.482. The van der Waals surface area contributed by atoms with E-state index in [1.807, 2.05) is 0 Å². The number of carbonyl (C=O) groups excluding carboxylic acids is 1. The van der Waals surface area contributed by atoms with Crippen molar-refractivity contribution in [2.45, 2.75) is 51.5 Å². The quantitative estimate of drug-likeness (QED) is 0.765. The zero-order chi connectivity index (χ0) is 12.0. The molecule has 0 radical (unpaired) electrons. The Bertz CT molecular complexity index is 289. The lowest BCUT2D eigenvalue weighted by Crippen LogP contribution is -2.49. The van der Waals surface area contributed by atoms with Gasteiger partial charge in [-0.3, -0.25) is 4.79 Å². The fourth-order valence-corrected chi connectivity index (χ4v) is 4.82. The summed E-state index contributed by atoms with van der Waals surface area (Å²) in [6.45, 7) is 2.32. The first-order valence-electron chi connectivity index (χ1n) is 6.98. The van der Waals surface area contributed by atoms with E-state index in [2.05, 4.69) is 0 Å². The lowest BCUT2D eigenvalue weighted by Gasteiger charge is -2.56. The number of carbonyl (C=O) groups is 1. The Labute approximate surface area is 103 Å². The van der Waals surface area contributed by atoms with E-state index in [-0.39, 0.29) is 5.97 Å². The van der Waals surface area contributed by atoms with Gasteiger partial charge in [0.15, 0.2) is 0 Å². The van der Waals surface area contributed by atoms with Crippen LogP contribution in [0.5, 0.6) is 0 Å². The highest BCUT2D eigenvalue weighted by Gasteiger charge is 2.51. The molecule has 0 spiro atoms. The van der Waals surface area contributed by atoms with E-state index in [0.29, 0.717) is 12.0 Å². The van der Waals surface area contributed by atoms with E-state index >= 15 is 0 Å². The number of hydrogen-bond acceptors (Lipinski definition) is 3. The summed E-state index contributed by atoms with van der Waals surface area (Å²) in [6, 6.07) is -0.482. The summed E-state index contributed by atoms with van der Waals surface area (Å²) in [4.78, 5) is 11.5. The van der Waals surface area contributed by atoms with Gasteiger partial charge >= 0.3 is 5.97 Å². The van der Waals surface area contributed by atoms with Crippen LogP contribution in [0.2, 0.25) is 0 Å². The van der Waals surface area contributed by atoms with E-state index in [4.69, 9.17) is 10.5 Å². The highest BCUT2D eigenvalue weighted by molar-refractivity contribution is 5.74. The van der Waals surface area contributed by atoms with Gasteiger partial charge in [0, 0.05) is 5.41 Å². The number of ether oxygens (including phenoxy) is 1. The molecule has 4 aliphatic rings. The highest BCUT2D eigenvalue weighted by atomic mass is 16.5. The first-order valence-corrected chi connectivity index (χ1v) is 6.98. The Kier molecular flexibility index (Phi) is 2.69. The van der Waals surface area contributed by atoms with Crippen molar-refractivity contribution in [1.82, 2.24) is 0 Å². The Morgan fingerprint density at radius 3 is 2.12 bits per heavy atom. The normalized spacial score (nSPS) is 44.7. The second-order valence-corrected chi connectivity index (χ2v) is 6.81. The van der Waals surface area contributed by atoms with Gasteiger partial charge in [-0.05, 0) is 63.2 Å². The molecule has 0 heterocycles. The van der Waals surface area contributed by atoms with Crippen molar-refractivity contribution in [3.05, 3.63) is 0 Å². The van der Waals surface area contributed by atoms with Gasteiger partial charge < -0.3 is 10.5 Å². The first kappa shape index (κ1) is 11.5. The molecule has 4 bridgehead atoms. The zero-order valence-corrected chi connectivity index (χ0v) is 10.7. The Morgan fingerprint density at radius 2 is 1.71 bits per heavy atom. The van der Waals surface area contributed by atoms with Gasteiger partial charge in [-0.15, -0.1) is 0 Å². The lowest BCUT2D eigenvalue weighted by molar-refractivity contribution is -0.156. The van der Waals surface area contributed by atoms with Crippen molar-refractivity contribution in [3.8, 4) is 0 Å². The van der Waals surface area contributed by atoms with Crippen LogP contribution in [0.3, 0.4) is 0 Å².